The number of thiazole rings is 1. The van der Waals surface area contributed by atoms with E-state index in [1.165, 1.54) is 11.3 Å². The highest BCUT2D eigenvalue weighted by molar-refractivity contribution is 7.20. The van der Waals surface area contributed by atoms with Crippen molar-refractivity contribution in [3.8, 4) is 16.7 Å². The first-order chi connectivity index (χ1) is 16.5. The molecule has 1 aliphatic rings. The number of para-hydroxylation sites is 1. The van der Waals surface area contributed by atoms with Gasteiger partial charge < -0.3 is 19.5 Å². The SMILES string of the molecule is CC(=O)N1CCC(N(CCOc2ccc(Oc3nc4ccccc4s3)cc2)CCC(=O)O)CC1. The van der Waals surface area contributed by atoms with E-state index in [-0.39, 0.29) is 18.4 Å². The molecule has 1 fully saturated rings. The Bertz CT molecular complexity index is 1080. The van der Waals surface area contributed by atoms with E-state index < -0.39 is 5.97 Å². The normalized spacial score (nSPS) is 14.5. The number of amides is 1. The Balaban J connectivity index is 1.28. The number of fused-ring (bicyclic) bond motifs is 1. The fourth-order valence-electron chi connectivity index (χ4n) is 4.14. The molecule has 0 atom stereocenters. The van der Waals surface area contributed by atoms with E-state index in [2.05, 4.69) is 9.88 Å². The molecule has 180 valence electrons. The number of carboxylic acid groups (broad SMARTS) is 1. The van der Waals surface area contributed by atoms with Crippen LogP contribution in [0.1, 0.15) is 26.2 Å². The van der Waals surface area contributed by atoms with Crippen molar-refractivity contribution in [2.24, 2.45) is 0 Å². The second kappa shape index (κ2) is 11.3. The number of hydrogen-bond acceptors (Lipinski definition) is 7. The number of piperidine rings is 1. The summed E-state index contributed by atoms with van der Waals surface area (Å²) in [6, 6.07) is 15.6. The zero-order valence-electron chi connectivity index (χ0n) is 19.2. The molecule has 4 rings (SSSR count). The number of likely N-dealkylation sites (tertiary alicyclic amines) is 1. The molecule has 9 heteroatoms. The summed E-state index contributed by atoms with van der Waals surface area (Å²) >= 11 is 1.50. The summed E-state index contributed by atoms with van der Waals surface area (Å²) in [6.45, 7) is 4.55. The Morgan fingerprint density at radius 3 is 2.47 bits per heavy atom. The first-order valence-electron chi connectivity index (χ1n) is 11.5. The average Bonchev–Trinajstić information content (AvgIpc) is 3.24. The van der Waals surface area contributed by atoms with Crippen molar-refractivity contribution >= 4 is 33.4 Å². The molecule has 0 radical (unpaired) electrons. The van der Waals surface area contributed by atoms with E-state index in [1.54, 1.807) is 6.92 Å². The summed E-state index contributed by atoms with van der Waals surface area (Å²) in [7, 11) is 0. The van der Waals surface area contributed by atoms with Crippen molar-refractivity contribution in [1.82, 2.24) is 14.8 Å². The smallest absolute Gasteiger partial charge is 0.304 e. The van der Waals surface area contributed by atoms with Gasteiger partial charge in [0.15, 0.2) is 0 Å². The van der Waals surface area contributed by atoms with Gasteiger partial charge in [0.2, 0.25) is 5.91 Å². The van der Waals surface area contributed by atoms with E-state index >= 15 is 0 Å². The Kier molecular flexibility index (Phi) is 7.97. The first kappa shape index (κ1) is 24.0. The minimum Gasteiger partial charge on any atom is -0.492 e. The van der Waals surface area contributed by atoms with Crippen LogP contribution in [-0.2, 0) is 9.59 Å². The van der Waals surface area contributed by atoms with E-state index in [0.29, 0.717) is 43.7 Å². The molecule has 0 bridgehead atoms. The van der Waals surface area contributed by atoms with Gasteiger partial charge in [-0.3, -0.25) is 14.5 Å². The largest absolute Gasteiger partial charge is 0.492 e. The van der Waals surface area contributed by atoms with Gasteiger partial charge in [-0.25, -0.2) is 4.98 Å². The highest BCUT2D eigenvalue weighted by atomic mass is 32.1. The molecule has 1 saturated heterocycles. The molecule has 1 aromatic heterocycles. The van der Waals surface area contributed by atoms with Crippen LogP contribution in [0.4, 0.5) is 0 Å². The monoisotopic (exact) mass is 483 g/mol. The Morgan fingerprint density at radius 2 is 1.79 bits per heavy atom. The summed E-state index contributed by atoms with van der Waals surface area (Å²) in [5.74, 6) is 0.693. The number of carbonyl (C=O) groups is 2. The van der Waals surface area contributed by atoms with Gasteiger partial charge in [-0.05, 0) is 49.2 Å². The fraction of sp³-hybridized carbons (Fsp3) is 0.400. The van der Waals surface area contributed by atoms with Crippen LogP contribution < -0.4 is 9.47 Å². The molecule has 0 aliphatic carbocycles. The predicted molar refractivity (Wildman–Crippen MR) is 131 cm³/mol. The minimum absolute atomic E-state index is 0.0880. The lowest BCUT2D eigenvalue weighted by atomic mass is 10.0. The molecular weight excluding hydrogens is 454 g/mol. The van der Waals surface area contributed by atoms with Crippen LogP contribution in [0, 0.1) is 0 Å². The van der Waals surface area contributed by atoms with Gasteiger partial charge in [0, 0.05) is 39.1 Å². The topological polar surface area (TPSA) is 92.2 Å². The Hall–Kier alpha value is -3.17. The van der Waals surface area contributed by atoms with Crippen LogP contribution in [0.2, 0.25) is 0 Å². The molecule has 3 aromatic rings. The molecule has 0 unspecified atom stereocenters. The number of ether oxygens (including phenoxy) is 2. The van der Waals surface area contributed by atoms with Crippen LogP contribution >= 0.6 is 11.3 Å². The van der Waals surface area contributed by atoms with E-state index in [9.17, 15) is 9.59 Å². The van der Waals surface area contributed by atoms with Crippen molar-refractivity contribution in [2.75, 3.05) is 32.8 Å². The number of aromatic nitrogens is 1. The predicted octanol–water partition coefficient (Wildman–Crippen LogP) is 4.26. The van der Waals surface area contributed by atoms with Crippen LogP contribution in [0.15, 0.2) is 48.5 Å². The summed E-state index contributed by atoms with van der Waals surface area (Å²) < 4.78 is 12.9. The second-order valence-corrected chi connectivity index (χ2v) is 9.28. The summed E-state index contributed by atoms with van der Waals surface area (Å²) in [4.78, 5) is 31.2. The van der Waals surface area contributed by atoms with Crippen molar-refractivity contribution < 1.29 is 24.2 Å². The number of carboxylic acids is 1. The van der Waals surface area contributed by atoms with Crippen molar-refractivity contribution in [1.29, 1.82) is 0 Å². The van der Waals surface area contributed by atoms with E-state index in [1.807, 2.05) is 53.4 Å². The van der Waals surface area contributed by atoms with Gasteiger partial charge in [-0.15, -0.1) is 0 Å². The first-order valence-corrected chi connectivity index (χ1v) is 12.3. The third-order valence-electron chi connectivity index (χ3n) is 5.99. The van der Waals surface area contributed by atoms with Crippen LogP contribution in [0.3, 0.4) is 0 Å². The molecule has 34 heavy (non-hydrogen) atoms. The van der Waals surface area contributed by atoms with E-state index in [4.69, 9.17) is 14.6 Å². The van der Waals surface area contributed by atoms with Gasteiger partial charge in [-0.1, -0.05) is 23.5 Å². The number of benzene rings is 2. The molecule has 1 amide bonds. The lowest BCUT2D eigenvalue weighted by Crippen LogP contribution is -2.47. The number of hydrogen-bond donors (Lipinski definition) is 1. The number of nitrogens with zero attached hydrogens (tertiary/aromatic N) is 3. The lowest BCUT2D eigenvalue weighted by molar-refractivity contribution is -0.137. The number of rotatable bonds is 10. The van der Waals surface area contributed by atoms with E-state index in [0.717, 1.165) is 28.8 Å². The fourth-order valence-corrected chi connectivity index (χ4v) is 4.98. The zero-order chi connectivity index (χ0) is 23.9. The quantitative estimate of drug-likeness (QED) is 0.461. The molecule has 0 spiro atoms. The number of carbonyl (C=O) groups excluding carboxylic acids is 1. The highest BCUT2D eigenvalue weighted by Gasteiger charge is 2.25. The standard InChI is InChI=1S/C25H29N3O5S/c1-18(29)27-13-10-19(11-14-27)28(15-12-24(30)31)16-17-32-20-6-8-21(9-7-20)33-25-26-22-4-2-3-5-23(22)34-25/h2-9,19H,10-17H2,1H3,(H,30,31). The Labute approximate surface area is 202 Å². The van der Waals surface area contributed by atoms with Crippen molar-refractivity contribution in [3.63, 3.8) is 0 Å². The van der Waals surface area contributed by atoms with Gasteiger partial charge in [0.1, 0.15) is 18.1 Å². The molecule has 0 saturated carbocycles. The zero-order valence-corrected chi connectivity index (χ0v) is 20.0. The van der Waals surface area contributed by atoms with Gasteiger partial charge in [0.25, 0.3) is 5.19 Å². The molecule has 8 nitrogen and oxygen atoms in total. The van der Waals surface area contributed by atoms with Gasteiger partial charge >= 0.3 is 5.97 Å². The third kappa shape index (κ3) is 6.45. The van der Waals surface area contributed by atoms with Crippen LogP contribution in [-0.4, -0.2) is 70.6 Å². The lowest BCUT2D eigenvalue weighted by Gasteiger charge is -2.38. The van der Waals surface area contributed by atoms with Crippen molar-refractivity contribution in [3.05, 3.63) is 48.5 Å². The molecular formula is C25H29N3O5S. The average molecular weight is 484 g/mol. The van der Waals surface area contributed by atoms with Crippen LogP contribution in [0.5, 0.6) is 16.7 Å². The maximum absolute atomic E-state index is 11.6. The second-order valence-electron chi connectivity index (χ2n) is 8.29. The summed E-state index contributed by atoms with van der Waals surface area (Å²) in [5, 5.41) is 9.72. The minimum atomic E-state index is -0.809. The maximum atomic E-state index is 11.6. The molecule has 2 aromatic carbocycles. The molecule has 1 aliphatic heterocycles. The number of aliphatic carboxylic acids is 1. The summed E-state index contributed by atoms with van der Waals surface area (Å²) in [6.07, 6.45) is 1.78. The van der Waals surface area contributed by atoms with Gasteiger partial charge in [-0.2, -0.15) is 0 Å². The molecule has 1 N–H and O–H groups in total. The van der Waals surface area contributed by atoms with Gasteiger partial charge in [0.05, 0.1) is 16.6 Å². The van der Waals surface area contributed by atoms with Crippen LogP contribution in [0.25, 0.3) is 10.2 Å². The molecule has 2 heterocycles. The highest BCUT2D eigenvalue weighted by Crippen LogP contribution is 2.31. The third-order valence-corrected chi connectivity index (χ3v) is 6.90. The summed E-state index contributed by atoms with van der Waals surface area (Å²) in [5.41, 5.74) is 0.918. The maximum Gasteiger partial charge on any atom is 0.304 e. The van der Waals surface area contributed by atoms with Crippen molar-refractivity contribution in [2.45, 2.75) is 32.2 Å². The Morgan fingerprint density at radius 1 is 1.09 bits per heavy atom.